The van der Waals surface area contributed by atoms with E-state index in [2.05, 4.69) is 315 Å². The molecule has 8 nitrogen and oxygen atoms in total. The molecule has 0 spiro atoms. The molecule has 17 aromatic carbocycles. The van der Waals surface area contributed by atoms with Crippen molar-refractivity contribution in [2.75, 3.05) is 0 Å². The van der Waals surface area contributed by atoms with Crippen LogP contribution in [-0.4, -0.2) is 29.9 Å². The molecule has 0 aliphatic carbocycles. The van der Waals surface area contributed by atoms with Gasteiger partial charge < -0.3 is 8.83 Å². The second-order valence-corrected chi connectivity index (χ2v) is 29.5. The molecule has 0 N–H and O–H groups in total. The molecule has 0 radical (unpaired) electrons. The molecule has 8 heteroatoms. The van der Waals surface area contributed by atoms with Gasteiger partial charge in [-0.3, -0.25) is 0 Å². The molecule has 0 aliphatic rings. The maximum atomic E-state index is 6.75. The third kappa shape index (κ3) is 12.0. The Labute approximate surface area is 667 Å². The van der Waals surface area contributed by atoms with Crippen LogP contribution in [0.1, 0.15) is 0 Å². The fourth-order valence-electron chi connectivity index (χ4n) is 16.9. The molecule has 0 saturated heterocycles. The fraction of sp³-hybridized carbons (Fsp3) is 0. The maximum absolute atomic E-state index is 6.75. The summed E-state index contributed by atoms with van der Waals surface area (Å²) in [5.41, 5.74) is 25.3. The number of pyridine rings is 2. The summed E-state index contributed by atoms with van der Waals surface area (Å²) in [6.07, 6.45) is 0. The summed E-state index contributed by atoms with van der Waals surface area (Å²) >= 11 is 0. The van der Waals surface area contributed by atoms with Gasteiger partial charge in [-0.2, -0.15) is 0 Å². The number of furan rings is 2. The van der Waals surface area contributed by atoms with Crippen molar-refractivity contribution >= 4 is 109 Å². The van der Waals surface area contributed by atoms with Gasteiger partial charge in [0.15, 0.2) is 11.6 Å². The molecule has 0 bridgehead atoms. The van der Waals surface area contributed by atoms with Gasteiger partial charge in [0.05, 0.1) is 56.0 Å². The average molecular weight is 1480 g/mol. The predicted octanol–water partition coefficient (Wildman–Crippen LogP) is 28.8. The summed E-state index contributed by atoms with van der Waals surface area (Å²) in [4.78, 5) is 31.1. The molecule has 6 heterocycles. The van der Waals surface area contributed by atoms with Crippen LogP contribution in [0.2, 0.25) is 0 Å². The summed E-state index contributed by atoms with van der Waals surface area (Å²) in [7, 11) is 0. The van der Waals surface area contributed by atoms with Crippen LogP contribution in [0.5, 0.6) is 0 Å². The monoisotopic (exact) mass is 1480 g/mol. The highest BCUT2D eigenvalue weighted by Crippen LogP contribution is 2.46. The third-order valence-corrected chi connectivity index (χ3v) is 22.6. The molecule has 0 fully saturated rings. The van der Waals surface area contributed by atoms with E-state index >= 15 is 0 Å². The zero-order valence-corrected chi connectivity index (χ0v) is 62.6. The first-order valence-corrected chi connectivity index (χ1v) is 39.1. The van der Waals surface area contributed by atoms with E-state index in [1.807, 2.05) is 84.9 Å². The quantitative estimate of drug-likeness (QED) is 0.118. The minimum absolute atomic E-state index is 0.661. The zero-order valence-electron chi connectivity index (χ0n) is 62.6. The Kier molecular flexibility index (Phi) is 16.4. The lowest BCUT2D eigenvalue weighted by Gasteiger charge is -2.13. The zero-order chi connectivity index (χ0) is 76.6. The summed E-state index contributed by atoms with van der Waals surface area (Å²) < 4.78 is 13.5. The fourth-order valence-corrected chi connectivity index (χ4v) is 16.9. The SMILES string of the molecule is c1ccc(-c2cc(-c3ccc(-c4nc5ccc(-c6cc7ccccc7c7ccccc67)cc5c5oc6ccccc6c45)cc3)nc(-c3ccccc3)n2)cc1.c1ccc(-c2ccc(-c3cc(-c4ccccc4)nc(-c4ccc(-c5nc6ccc(-c7cc8ccccc8c8ccccc78)cc6c6oc7ccccc7c56)cc4)n3)cc2)cc1. The number of fused-ring (bicyclic) bond motifs is 16. The normalized spacial score (nSPS) is 11.6. The topological polar surface area (TPSA) is 104 Å². The summed E-state index contributed by atoms with van der Waals surface area (Å²) in [5.74, 6) is 1.36. The Balaban J connectivity index is 0.000000141. The van der Waals surface area contributed by atoms with Gasteiger partial charge in [0.25, 0.3) is 0 Å². The van der Waals surface area contributed by atoms with Crippen LogP contribution in [0, 0.1) is 0 Å². The van der Waals surface area contributed by atoms with Crippen molar-refractivity contribution in [1.82, 2.24) is 29.9 Å². The van der Waals surface area contributed by atoms with Gasteiger partial charge in [0.2, 0.25) is 0 Å². The molecular formula is C108H66N6O2. The van der Waals surface area contributed by atoms with Crippen molar-refractivity contribution in [3.05, 3.63) is 400 Å². The van der Waals surface area contributed by atoms with Gasteiger partial charge in [-0.1, -0.05) is 340 Å². The number of hydrogen-bond donors (Lipinski definition) is 0. The minimum atomic E-state index is 0.661. The molecule has 23 aromatic rings. The van der Waals surface area contributed by atoms with Crippen LogP contribution in [0.3, 0.4) is 0 Å². The van der Waals surface area contributed by atoms with Gasteiger partial charge in [-0.05, 0) is 137 Å². The van der Waals surface area contributed by atoms with Gasteiger partial charge in [-0.15, -0.1) is 0 Å². The molecule has 0 atom stereocenters. The Morgan fingerprint density at radius 3 is 0.871 bits per heavy atom. The highest BCUT2D eigenvalue weighted by Gasteiger charge is 2.24. The van der Waals surface area contributed by atoms with Crippen molar-refractivity contribution in [1.29, 1.82) is 0 Å². The predicted molar refractivity (Wildman–Crippen MR) is 479 cm³/mol. The number of aromatic nitrogens is 6. The molecular weight excluding hydrogens is 1410 g/mol. The minimum Gasteiger partial charge on any atom is -0.455 e. The smallest absolute Gasteiger partial charge is 0.160 e. The average Bonchev–Trinajstić information content (AvgIpc) is 1.56. The molecule has 0 aliphatic heterocycles. The molecule has 0 amide bonds. The first-order chi connectivity index (χ1) is 57.5. The van der Waals surface area contributed by atoms with Crippen LogP contribution in [-0.2, 0) is 0 Å². The molecule has 6 aromatic heterocycles. The largest absolute Gasteiger partial charge is 0.455 e. The number of rotatable bonds is 11. The Bertz CT molecular complexity index is 7720. The number of benzene rings is 17. The van der Waals surface area contributed by atoms with Crippen molar-refractivity contribution in [3.63, 3.8) is 0 Å². The third-order valence-electron chi connectivity index (χ3n) is 22.6. The van der Waals surface area contributed by atoms with Crippen molar-refractivity contribution < 1.29 is 8.83 Å². The van der Waals surface area contributed by atoms with Gasteiger partial charge in [-0.25, -0.2) is 29.9 Å². The molecule has 0 saturated carbocycles. The number of hydrogen-bond acceptors (Lipinski definition) is 8. The highest BCUT2D eigenvalue weighted by molar-refractivity contribution is 6.23. The Morgan fingerprint density at radius 1 is 0.172 bits per heavy atom. The summed E-state index contributed by atoms with van der Waals surface area (Å²) in [6.45, 7) is 0. The van der Waals surface area contributed by atoms with Crippen LogP contribution >= 0.6 is 0 Å². The van der Waals surface area contributed by atoms with Crippen LogP contribution < -0.4 is 0 Å². The second-order valence-electron chi connectivity index (χ2n) is 29.5. The van der Waals surface area contributed by atoms with E-state index < -0.39 is 0 Å². The van der Waals surface area contributed by atoms with Gasteiger partial charge in [0, 0.05) is 66.1 Å². The first-order valence-electron chi connectivity index (χ1n) is 39.1. The highest BCUT2D eigenvalue weighted by atomic mass is 16.3. The van der Waals surface area contributed by atoms with E-state index in [9.17, 15) is 0 Å². The van der Waals surface area contributed by atoms with Crippen LogP contribution in [0.4, 0.5) is 0 Å². The second kappa shape index (κ2) is 28.3. The van der Waals surface area contributed by atoms with E-state index in [-0.39, 0.29) is 0 Å². The Morgan fingerprint density at radius 2 is 0.457 bits per heavy atom. The van der Waals surface area contributed by atoms with E-state index in [0.717, 1.165) is 155 Å². The van der Waals surface area contributed by atoms with Crippen molar-refractivity contribution in [2.45, 2.75) is 0 Å². The van der Waals surface area contributed by atoms with E-state index in [0.29, 0.717) is 11.6 Å². The number of para-hydroxylation sites is 2. The van der Waals surface area contributed by atoms with Gasteiger partial charge in [0.1, 0.15) is 22.3 Å². The standard InChI is InChI=1S/C57H35N3O.C51H31N3O/c1-3-13-36(14-4-1)37-23-25-39(26-24-37)52-35-51(38-15-5-2-6-16-38)59-57(60-52)41-29-27-40(28-30-41)55-54-47-21-11-12-22-53(47)61-56(54)49-34-43(31-32-50(49)58-55)48-33-42-17-7-8-18-44(42)45-19-9-10-20-46(45)48;1-3-13-32(14-4-1)45-31-46(54-51(53-45)35-15-5-2-6-16-35)33-23-25-34(26-24-33)49-48-41-21-11-12-22-47(41)55-50(48)43-30-37(27-28-44(43)52-49)42-29-36-17-7-8-18-38(36)39-19-9-10-20-40(39)42/h1-35H;1-31H. The molecule has 0 unspecified atom stereocenters. The van der Waals surface area contributed by atoms with Gasteiger partial charge >= 0.3 is 0 Å². The van der Waals surface area contributed by atoms with E-state index in [1.165, 1.54) is 65.3 Å². The summed E-state index contributed by atoms with van der Waals surface area (Å²) in [5, 5.41) is 15.9. The lowest BCUT2D eigenvalue weighted by atomic mass is 9.92. The van der Waals surface area contributed by atoms with Crippen LogP contribution in [0.15, 0.2) is 409 Å². The first kappa shape index (κ1) is 67.3. The van der Waals surface area contributed by atoms with E-state index in [4.69, 9.17) is 38.7 Å². The molecule has 23 rings (SSSR count). The lowest BCUT2D eigenvalue weighted by molar-refractivity contribution is 0.672. The Hall–Kier alpha value is -15.6. The number of nitrogens with zero attached hydrogens (tertiary/aromatic N) is 6. The molecule has 116 heavy (non-hydrogen) atoms. The van der Waals surface area contributed by atoms with Crippen LogP contribution in [0.25, 0.3) is 232 Å². The van der Waals surface area contributed by atoms with Crippen molar-refractivity contribution in [2.24, 2.45) is 0 Å². The lowest BCUT2D eigenvalue weighted by Crippen LogP contribution is -1.96. The van der Waals surface area contributed by atoms with Crippen molar-refractivity contribution in [3.8, 4) is 124 Å². The maximum Gasteiger partial charge on any atom is 0.160 e. The van der Waals surface area contributed by atoms with E-state index in [1.54, 1.807) is 0 Å². The molecule has 540 valence electrons. The summed E-state index contributed by atoms with van der Waals surface area (Å²) in [6, 6.07) is 140.